The molecule has 1 amide bonds. The molecule has 5 nitrogen and oxygen atoms in total. The lowest BCUT2D eigenvalue weighted by Gasteiger charge is -2.08. The molecule has 0 radical (unpaired) electrons. The number of benzene rings is 2. The van der Waals surface area contributed by atoms with E-state index in [4.69, 9.17) is 5.11 Å². The van der Waals surface area contributed by atoms with Crippen molar-refractivity contribution in [2.45, 2.75) is 0 Å². The Bertz CT molecular complexity index is 821. The Morgan fingerprint density at radius 3 is 2.75 bits per heavy atom. The van der Waals surface area contributed by atoms with Gasteiger partial charge >= 0.3 is 0 Å². The Morgan fingerprint density at radius 2 is 2.00 bits per heavy atom. The van der Waals surface area contributed by atoms with Crippen LogP contribution in [0.15, 0.2) is 42.6 Å². The lowest BCUT2D eigenvalue weighted by molar-refractivity contribution is -0.110. The van der Waals surface area contributed by atoms with Crippen LogP contribution < -0.4 is 16.0 Å². The fraction of sp³-hybridized carbons (Fsp3) is 0.118. The molecule has 1 heterocycles. The first-order valence-corrected chi connectivity index (χ1v) is 7.31. The zero-order valence-electron chi connectivity index (χ0n) is 12.6. The molecule has 4 N–H and O–H groups in total. The number of amides is 1. The maximum absolute atomic E-state index is 13.9. The fourth-order valence-corrected chi connectivity index (χ4v) is 2.40. The number of rotatable bonds is 5. The van der Waals surface area contributed by atoms with Gasteiger partial charge in [-0.3, -0.25) is 4.79 Å². The van der Waals surface area contributed by atoms with E-state index in [1.807, 2.05) is 0 Å². The maximum Gasteiger partial charge on any atom is 0.257 e. The highest BCUT2D eigenvalue weighted by molar-refractivity contribution is 6.31. The minimum Gasteiger partial charge on any atom is -0.395 e. The van der Waals surface area contributed by atoms with Crippen LogP contribution in [-0.4, -0.2) is 24.2 Å². The first-order valence-electron chi connectivity index (χ1n) is 7.31. The molecule has 0 fully saturated rings. The zero-order chi connectivity index (χ0) is 17.1. The number of hydrogen-bond acceptors (Lipinski definition) is 4. The van der Waals surface area contributed by atoms with Crippen molar-refractivity contribution in [2.75, 3.05) is 29.1 Å². The SMILES string of the molecule is O=C1Nc2ccc(F)cc2/C1=C\Nc1ccc(NCCO)c(F)c1. The van der Waals surface area contributed by atoms with Crippen molar-refractivity contribution in [3.8, 4) is 0 Å². The molecule has 1 aliphatic rings. The lowest BCUT2D eigenvalue weighted by atomic mass is 10.1. The minimum absolute atomic E-state index is 0.101. The van der Waals surface area contributed by atoms with Crippen LogP contribution in [0.4, 0.5) is 25.8 Å². The summed E-state index contributed by atoms with van der Waals surface area (Å²) in [6.45, 7) is 0.146. The van der Waals surface area contributed by atoms with Crippen molar-refractivity contribution < 1.29 is 18.7 Å². The number of carbonyl (C=O) groups is 1. The van der Waals surface area contributed by atoms with Gasteiger partial charge in [-0.2, -0.15) is 0 Å². The van der Waals surface area contributed by atoms with E-state index in [1.165, 1.54) is 36.5 Å². The summed E-state index contributed by atoms with van der Waals surface area (Å²) in [5.74, 6) is -1.29. The van der Waals surface area contributed by atoms with Crippen molar-refractivity contribution in [1.29, 1.82) is 0 Å². The number of fused-ring (bicyclic) bond motifs is 1. The van der Waals surface area contributed by atoms with Crippen molar-refractivity contribution in [3.63, 3.8) is 0 Å². The summed E-state index contributed by atoms with van der Waals surface area (Å²) in [5, 5.41) is 16.9. The fourth-order valence-electron chi connectivity index (χ4n) is 2.40. The molecule has 0 spiro atoms. The van der Waals surface area contributed by atoms with Crippen LogP contribution in [0.5, 0.6) is 0 Å². The number of halogens is 2. The van der Waals surface area contributed by atoms with Crippen LogP contribution >= 0.6 is 0 Å². The van der Waals surface area contributed by atoms with E-state index in [-0.39, 0.29) is 30.3 Å². The second-order valence-corrected chi connectivity index (χ2v) is 5.19. The Balaban J connectivity index is 1.80. The summed E-state index contributed by atoms with van der Waals surface area (Å²) in [4.78, 5) is 12.0. The molecule has 3 rings (SSSR count). The standard InChI is InChI=1S/C17H15F2N3O2/c18-10-1-3-15-12(7-10)13(17(24)22-15)9-21-11-2-4-16(14(19)8-11)20-5-6-23/h1-4,7-9,20-21,23H,5-6H2,(H,22,24)/b13-9+. The molecule has 124 valence electrons. The van der Waals surface area contributed by atoms with E-state index in [0.717, 1.165) is 0 Å². The molecular weight excluding hydrogens is 316 g/mol. The average molecular weight is 331 g/mol. The molecule has 2 aromatic carbocycles. The largest absolute Gasteiger partial charge is 0.395 e. The van der Waals surface area contributed by atoms with Crippen molar-refractivity contribution in [3.05, 3.63) is 59.8 Å². The summed E-state index contributed by atoms with van der Waals surface area (Å²) in [7, 11) is 0. The Labute approximate surface area is 137 Å². The molecule has 1 aliphatic heterocycles. The summed E-state index contributed by atoms with van der Waals surface area (Å²) in [5.41, 5.74) is 1.96. The number of aliphatic hydroxyl groups is 1. The normalized spacial score (nSPS) is 14.5. The third-order valence-electron chi connectivity index (χ3n) is 3.54. The van der Waals surface area contributed by atoms with Gasteiger partial charge in [-0.25, -0.2) is 8.78 Å². The molecule has 7 heteroatoms. The van der Waals surface area contributed by atoms with Gasteiger partial charge in [-0.05, 0) is 36.4 Å². The first kappa shape index (κ1) is 15.9. The molecule has 0 unspecified atom stereocenters. The van der Waals surface area contributed by atoms with E-state index in [2.05, 4.69) is 16.0 Å². The van der Waals surface area contributed by atoms with E-state index in [9.17, 15) is 13.6 Å². The quantitative estimate of drug-likeness (QED) is 0.636. The summed E-state index contributed by atoms with van der Waals surface area (Å²) in [6, 6.07) is 8.43. The Hall–Kier alpha value is -2.93. The van der Waals surface area contributed by atoms with Gasteiger partial charge < -0.3 is 21.1 Å². The predicted octanol–water partition coefficient (Wildman–Crippen LogP) is 2.77. The van der Waals surface area contributed by atoms with Crippen LogP contribution in [0.1, 0.15) is 5.56 Å². The topological polar surface area (TPSA) is 73.4 Å². The third kappa shape index (κ3) is 3.21. The van der Waals surface area contributed by atoms with Crippen LogP contribution in [0.2, 0.25) is 0 Å². The van der Waals surface area contributed by atoms with Gasteiger partial charge in [-0.15, -0.1) is 0 Å². The van der Waals surface area contributed by atoms with Gasteiger partial charge in [0.25, 0.3) is 5.91 Å². The molecule has 0 atom stereocenters. The molecular formula is C17H15F2N3O2. The molecule has 0 aliphatic carbocycles. The van der Waals surface area contributed by atoms with Gasteiger partial charge in [-0.1, -0.05) is 0 Å². The zero-order valence-corrected chi connectivity index (χ0v) is 12.6. The number of anilines is 3. The number of hydrogen-bond donors (Lipinski definition) is 4. The Morgan fingerprint density at radius 1 is 1.17 bits per heavy atom. The molecule has 0 aromatic heterocycles. The number of carbonyl (C=O) groups excluding carboxylic acids is 1. The van der Waals surface area contributed by atoms with E-state index in [1.54, 1.807) is 6.07 Å². The predicted molar refractivity (Wildman–Crippen MR) is 88.6 cm³/mol. The van der Waals surface area contributed by atoms with Gasteiger partial charge in [0.1, 0.15) is 11.6 Å². The monoisotopic (exact) mass is 331 g/mol. The molecule has 0 saturated heterocycles. The van der Waals surface area contributed by atoms with Crippen molar-refractivity contribution in [1.82, 2.24) is 0 Å². The van der Waals surface area contributed by atoms with E-state index < -0.39 is 11.6 Å². The number of nitrogens with one attached hydrogen (secondary N) is 3. The van der Waals surface area contributed by atoms with Crippen LogP contribution in [0.25, 0.3) is 5.57 Å². The highest BCUT2D eigenvalue weighted by atomic mass is 19.1. The van der Waals surface area contributed by atoms with Gasteiger partial charge in [0.2, 0.25) is 0 Å². The highest BCUT2D eigenvalue weighted by Gasteiger charge is 2.24. The second kappa shape index (κ2) is 6.67. The second-order valence-electron chi connectivity index (χ2n) is 5.19. The smallest absolute Gasteiger partial charge is 0.257 e. The third-order valence-corrected chi connectivity index (χ3v) is 3.54. The first-order chi connectivity index (χ1) is 11.6. The molecule has 0 bridgehead atoms. The van der Waals surface area contributed by atoms with Gasteiger partial charge in [0.15, 0.2) is 0 Å². The summed E-state index contributed by atoms with van der Waals surface area (Å²) in [6.07, 6.45) is 1.41. The lowest BCUT2D eigenvalue weighted by Crippen LogP contribution is -2.07. The summed E-state index contributed by atoms with van der Waals surface area (Å²) >= 11 is 0. The van der Waals surface area contributed by atoms with Crippen molar-refractivity contribution >= 4 is 28.5 Å². The molecule has 0 saturated carbocycles. The Kier molecular flexibility index (Phi) is 4.43. The average Bonchev–Trinajstić information content (AvgIpc) is 2.87. The highest BCUT2D eigenvalue weighted by Crippen LogP contribution is 2.32. The maximum atomic E-state index is 13.9. The van der Waals surface area contributed by atoms with Crippen LogP contribution in [-0.2, 0) is 4.79 Å². The van der Waals surface area contributed by atoms with E-state index >= 15 is 0 Å². The summed E-state index contributed by atoms with van der Waals surface area (Å²) < 4.78 is 27.3. The molecule has 24 heavy (non-hydrogen) atoms. The minimum atomic E-state index is -0.492. The number of aliphatic hydroxyl groups excluding tert-OH is 1. The van der Waals surface area contributed by atoms with Crippen molar-refractivity contribution in [2.24, 2.45) is 0 Å². The van der Waals surface area contributed by atoms with Gasteiger partial charge in [0.05, 0.1) is 17.9 Å². The van der Waals surface area contributed by atoms with Gasteiger partial charge in [0, 0.05) is 29.7 Å². The van der Waals surface area contributed by atoms with Crippen LogP contribution in [0, 0.1) is 11.6 Å². The van der Waals surface area contributed by atoms with E-state index in [0.29, 0.717) is 16.9 Å². The van der Waals surface area contributed by atoms with Crippen LogP contribution in [0.3, 0.4) is 0 Å². The molecule has 2 aromatic rings.